The van der Waals surface area contributed by atoms with Gasteiger partial charge in [0.2, 0.25) is 0 Å². The molecule has 0 unspecified atom stereocenters. The SMILES string of the molecule is CC(C)Oc1ccc(Nc2cncc(C(=O)NCc3ccncc3)c2)cc1. The molecule has 0 spiro atoms. The predicted octanol–water partition coefficient (Wildman–Crippen LogP) is 3.94. The largest absolute Gasteiger partial charge is 0.491 e. The van der Waals surface area contributed by atoms with Crippen LogP contribution in [0.2, 0.25) is 0 Å². The maximum Gasteiger partial charge on any atom is 0.253 e. The third kappa shape index (κ3) is 5.54. The van der Waals surface area contributed by atoms with Crippen molar-refractivity contribution in [3.63, 3.8) is 0 Å². The predicted molar refractivity (Wildman–Crippen MR) is 105 cm³/mol. The molecule has 1 aromatic carbocycles. The number of amides is 1. The van der Waals surface area contributed by atoms with E-state index >= 15 is 0 Å². The highest BCUT2D eigenvalue weighted by molar-refractivity contribution is 5.94. The van der Waals surface area contributed by atoms with Gasteiger partial charge in [-0.25, -0.2) is 0 Å². The van der Waals surface area contributed by atoms with Gasteiger partial charge in [-0.2, -0.15) is 0 Å². The highest BCUT2D eigenvalue weighted by atomic mass is 16.5. The number of hydrogen-bond donors (Lipinski definition) is 2. The first kappa shape index (κ1) is 18.4. The summed E-state index contributed by atoms with van der Waals surface area (Å²) in [5, 5.41) is 6.13. The third-order valence-electron chi connectivity index (χ3n) is 3.72. The van der Waals surface area contributed by atoms with E-state index in [2.05, 4.69) is 20.6 Å². The molecule has 0 aliphatic heterocycles. The minimum atomic E-state index is -0.177. The minimum Gasteiger partial charge on any atom is -0.491 e. The quantitative estimate of drug-likeness (QED) is 0.666. The second kappa shape index (κ2) is 8.80. The molecule has 3 aromatic rings. The molecule has 0 saturated carbocycles. The summed E-state index contributed by atoms with van der Waals surface area (Å²) in [4.78, 5) is 20.5. The van der Waals surface area contributed by atoms with Crippen molar-refractivity contribution in [2.45, 2.75) is 26.5 Å². The van der Waals surface area contributed by atoms with Gasteiger partial charge >= 0.3 is 0 Å². The number of carbonyl (C=O) groups is 1. The van der Waals surface area contributed by atoms with Gasteiger partial charge in [0.25, 0.3) is 5.91 Å². The fourth-order valence-electron chi connectivity index (χ4n) is 2.47. The lowest BCUT2D eigenvalue weighted by atomic mass is 10.2. The molecule has 6 nitrogen and oxygen atoms in total. The molecule has 2 aromatic heterocycles. The maximum absolute atomic E-state index is 12.4. The summed E-state index contributed by atoms with van der Waals surface area (Å²) in [6.45, 7) is 4.42. The molecule has 0 bridgehead atoms. The van der Waals surface area contributed by atoms with Gasteiger partial charge in [-0.05, 0) is 61.9 Å². The van der Waals surface area contributed by atoms with Crippen molar-refractivity contribution in [3.8, 4) is 5.75 Å². The number of aromatic nitrogens is 2. The Labute approximate surface area is 158 Å². The van der Waals surface area contributed by atoms with Crippen molar-refractivity contribution in [3.05, 3.63) is 78.4 Å². The van der Waals surface area contributed by atoms with Crippen LogP contribution < -0.4 is 15.4 Å². The summed E-state index contributed by atoms with van der Waals surface area (Å²) in [6.07, 6.45) is 6.76. The normalized spacial score (nSPS) is 10.5. The summed E-state index contributed by atoms with van der Waals surface area (Å²) >= 11 is 0. The van der Waals surface area contributed by atoms with Crippen molar-refractivity contribution in [1.82, 2.24) is 15.3 Å². The van der Waals surface area contributed by atoms with Crippen LogP contribution in [0.15, 0.2) is 67.3 Å². The zero-order chi connectivity index (χ0) is 19.1. The van der Waals surface area contributed by atoms with Crippen LogP contribution in [0.25, 0.3) is 0 Å². The van der Waals surface area contributed by atoms with Crippen LogP contribution in [-0.2, 0) is 6.54 Å². The summed E-state index contributed by atoms with van der Waals surface area (Å²) in [5.74, 6) is 0.640. The van der Waals surface area contributed by atoms with Gasteiger partial charge in [-0.1, -0.05) is 0 Å². The molecule has 0 aliphatic rings. The van der Waals surface area contributed by atoms with E-state index in [1.165, 1.54) is 0 Å². The molecular weight excluding hydrogens is 340 g/mol. The van der Waals surface area contributed by atoms with Gasteiger partial charge < -0.3 is 15.4 Å². The molecule has 1 amide bonds. The van der Waals surface area contributed by atoms with E-state index in [-0.39, 0.29) is 12.0 Å². The number of pyridine rings is 2. The Balaban J connectivity index is 1.62. The number of carbonyl (C=O) groups excluding carboxylic acids is 1. The van der Waals surface area contributed by atoms with Crippen LogP contribution in [0.4, 0.5) is 11.4 Å². The lowest BCUT2D eigenvalue weighted by Crippen LogP contribution is -2.23. The van der Waals surface area contributed by atoms with Crippen LogP contribution in [0, 0.1) is 0 Å². The Kier molecular flexibility index (Phi) is 5.99. The molecule has 3 rings (SSSR count). The molecule has 2 heterocycles. The molecule has 27 heavy (non-hydrogen) atoms. The monoisotopic (exact) mass is 362 g/mol. The molecule has 0 radical (unpaired) electrons. The van der Waals surface area contributed by atoms with Crippen molar-refractivity contribution in [2.24, 2.45) is 0 Å². The van der Waals surface area contributed by atoms with Crippen LogP contribution in [0.1, 0.15) is 29.8 Å². The Morgan fingerprint density at radius 3 is 2.44 bits per heavy atom. The number of benzene rings is 1. The number of nitrogens with zero attached hydrogens (tertiary/aromatic N) is 2. The number of anilines is 2. The summed E-state index contributed by atoms with van der Waals surface area (Å²) in [5.41, 5.74) is 3.12. The van der Waals surface area contributed by atoms with Crippen molar-refractivity contribution >= 4 is 17.3 Å². The maximum atomic E-state index is 12.4. The number of hydrogen-bond acceptors (Lipinski definition) is 5. The number of nitrogens with one attached hydrogen (secondary N) is 2. The molecule has 138 valence electrons. The average Bonchev–Trinajstić information content (AvgIpc) is 2.68. The lowest BCUT2D eigenvalue weighted by molar-refractivity contribution is 0.0950. The number of ether oxygens (including phenoxy) is 1. The van der Waals surface area contributed by atoms with E-state index in [1.807, 2.05) is 50.2 Å². The smallest absolute Gasteiger partial charge is 0.253 e. The Bertz CT molecular complexity index is 880. The van der Waals surface area contributed by atoms with Crippen LogP contribution in [0.5, 0.6) is 5.75 Å². The van der Waals surface area contributed by atoms with Gasteiger partial charge in [0, 0.05) is 30.8 Å². The first-order valence-corrected chi connectivity index (χ1v) is 8.76. The second-order valence-corrected chi connectivity index (χ2v) is 6.32. The summed E-state index contributed by atoms with van der Waals surface area (Å²) < 4.78 is 5.64. The van der Waals surface area contributed by atoms with E-state index in [4.69, 9.17) is 4.74 Å². The molecular formula is C21H22N4O2. The van der Waals surface area contributed by atoms with E-state index in [0.717, 1.165) is 22.7 Å². The van der Waals surface area contributed by atoms with Gasteiger partial charge in [0.1, 0.15) is 5.75 Å². The lowest BCUT2D eigenvalue weighted by Gasteiger charge is -2.11. The van der Waals surface area contributed by atoms with E-state index < -0.39 is 0 Å². The number of rotatable bonds is 7. The van der Waals surface area contributed by atoms with E-state index in [1.54, 1.807) is 30.9 Å². The zero-order valence-electron chi connectivity index (χ0n) is 15.3. The second-order valence-electron chi connectivity index (χ2n) is 6.32. The standard InChI is InChI=1S/C21H22N4O2/c1-15(2)27-20-5-3-18(4-6-20)25-19-11-17(13-23-14-19)21(26)24-12-16-7-9-22-10-8-16/h3-11,13-15,25H,12H2,1-2H3,(H,24,26). The van der Waals surface area contributed by atoms with Crippen molar-refractivity contribution in [2.75, 3.05) is 5.32 Å². The summed E-state index contributed by atoms with van der Waals surface area (Å²) in [6, 6.07) is 13.2. The Hall–Kier alpha value is -3.41. The molecule has 6 heteroatoms. The first-order chi connectivity index (χ1) is 13.1. The fraction of sp³-hybridized carbons (Fsp3) is 0.190. The van der Waals surface area contributed by atoms with Crippen LogP contribution in [-0.4, -0.2) is 22.0 Å². The summed E-state index contributed by atoms with van der Waals surface area (Å²) in [7, 11) is 0. The Morgan fingerprint density at radius 2 is 1.74 bits per heavy atom. The van der Waals surface area contributed by atoms with Crippen molar-refractivity contribution in [1.29, 1.82) is 0 Å². The molecule has 0 aliphatic carbocycles. The molecule has 2 N–H and O–H groups in total. The Morgan fingerprint density at radius 1 is 1.00 bits per heavy atom. The van der Waals surface area contributed by atoms with Crippen molar-refractivity contribution < 1.29 is 9.53 Å². The highest BCUT2D eigenvalue weighted by Crippen LogP contribution is 2.21. The van der Waals surface area contributed by atoms with Crippen LogP contribution in [0.3, 0.4) is 0 Å². The molecule has 0 saturated heterocycles. The van der Waals surface area contributed by atoms with E-state index in [0.29, 0.717) is 12.1 Å². The topological polar surface area (TPSA) is 76.1 Å². The molecule has 0 atom stereocenters. The first-order valence-electron chi connectivity index (χ1n) is 8.76. The zero-order valence-corrected chi connectivity index (χ0v) is 15.3. The molecule has 0 fully saturated rings. The van der Waals surface area contributed by atoms with Gasteiger partial charge in [0.15, 0.2) is 0 Å². The third-order valence-corrected chi connectivity index (χ3v) is 3.72. The van der Waals surface area contributed by atoms with Gasteiger partial charge in [-0.15, -0.1) is 0 Å². The average molecular weight is 362 g/mol. The van der Waals surface area contributed by atoms with Crippen LogP contribution >= 0.6 is 0 Å². The highest BCUT2D eigenvalue weighted by Gasteiger charge is 2.07. The van der Waals surface area contributed by atoms with E-state index in [9.17, 15) is 4.79 Å². The minimum absolute atomic E-state index is 0.135. The van der Waals surface area contributed by atoms with Gasteiger partial charge in [-0.3, -0.25) is 14.8 Å². The van der Waals surface area contributed by atoms with Gasteiger partial charge in [0.05, 0.1) is 23.6 Å². The fourth-order valence-corrected chi connectivity index (χ4v) is 2.47.